The summed E-state index contributed by atoms with van der Waals surface area (Å²) in [7, 11) is 0. The Labute approximate surface area is 135 Å². The average Bonchev–Trinajstić information content (AvgIpc) is 3.08. The number of nitrogens with one attached hydrogen (secondary N) is 1. The zero-order valence-electron chi connectivity index (χ0n) is 13.2. The summed E-state index contributed by atoms with van der Waals surface area (Å²) in [6, 6.07) is 7.83. The van der Waals surface area contributed by atoms with E-state index in [0.717, 1.165) is 17.7 Å². The van der Waals surface area contributed by atoms with Crippen molar-refractivity contribution in [1.29, 1.82) is 0 Å². The van der Waals surface area contributed by atoms with Gasteiger partial charge >= 0.3 is 5.97 Å². The average molecular weight is 318 g/mol. The van der Waals surface area contributed by atoms with Crippen molar-refractivity contribution in [2.75, 3.05) is 32.8 Å². The second-order valence-electron chi connectivity index (χ2n) is 6.21. The number of benzene rings is 1. The van der Waals surface area contributed by atoms with Gasteiger partial charge in [0.1, 0.15) is 17.8 Å². The quantitative estimate of drug-likeness (QED) is 0.809. The van der Waals surface area contributed by atoms with Gasteiger partial charge in [0.25, 0.3) is 0 Å². The Bertz CT molecular complexity index is 618. The number of hydrogen-bond acceptors (Lipinski definition) is 4. The van der Waals surface area contributed by atoms with Crippen LogP contribution in [0.1, 0.15) is 12.5 Å². The largest absolute Gasteiger partial charge is 0.491 e. The number of amides is 1. The van der Waals surface area contributed by atoms with E-state index in [2.05, 4.69) is 12.2 Å². The number of aliphatic carboxylic acids is 1. The van der Waals surface area contributed by atoms with Gasteiger partial charge in [-0.15, -0.1) is 0 Å². The lowest BCUT2D eigenvalue weighted by atomic mass is 9.81. The summed E-state index contributed by atoms with van der Waals surface area (Å²) in [6.07, 6.45) is 0.884. The minimum absolute atomic E-state index is 0.0789. The monoisotopic (exact) mass is 318 g/mol. The first-order valence-corrected chi connectivity index (χ1v) is 8.02. The highest BCUT2D eigenvalue weighted by Gasteiger charge is 2.59. The van der Waals surface area contributed by atoms with Gasteiger partial charge in [0, 0.05) is 19.6 Å². The maximum atomic E-state index is 12.4. The Morgan fingerprint density at radius 1 is 1.48 bits per heavy atom. The van der Waals surface area contributed by atoms with E-state index in [1.807, 2.05) is 24.3 Å². The molecule has 2 saturated heterocycles. The molecule has 2 N–H and O–H groups in total. The van der Waals surface area contributed by atoms with Crippen molar-refractivity contribution in [2.24, 2.45) is 11.3 Å². The van der Waals surface area contributed by atoms with Crippen LogP contribution >= 0.6 is 0 Å². The van der Waals surface area contributed by atoms with E-state index in [4.69, 9.17) is 4.74 Å². The fraction of sp³-hybridized carbons (Fsp3) is 0.529. The Hall–Kier alpha value is -2.08. The third kappa shape index (κ3) is 2.67. The molecule has 2 aliphatic heterocycles. The zero-order chi connectivity index (χ0) is 16.4. The second-order valence-corrected chi connectivity index (χ2v) is 6.21. The standard InChI is InChI=1S/C17H22N2O4/c1-2-12-5-3-4-6-14(12)23-8-7-19-11-17(16(21)22)10-18-9-13(17)15(19)20/h3-6,13,18H,2,7-11H2,1H3,(H,21,22)/t13-,17-/m0/s1. The van der Waals surface area contributed by atoms with Crippen molar-refractivity contribution in [3.05, 3.63) is 29.8 Å². The number of fused-ring (bicyclic) bond motifs is 1. The van der Waals surface area contributed by atoms with Crippen LogP contribution in [0.5, 0.6) is 5.75 Å². The molecule has 2 atom stereocenters. The fourth-order valence-electron chi connectivity index (χ4n) is 3.57. The Morgan fingerprint density at radius 2 is 2.26 bits per heavy atom. The Kier molecular flexibility index (Phi) is 4.26. The topological polar surface area (TPSA) is 78.9 Å². The third-order valence-electron chi connectivity index (χ3n) is 4.94. The molecule has 0 spiro atoms. The van der Waals surface area contributed by atoms with E-state index >= 15 is 0 Å². The number of carboxylic acids is 1. The van der Waals surface area contributed by atoms with Crippen LogP contribution in [-0.4, -0.2) is 54.7 Å². The summed E-state index contributed by atoms with van der Waals surface area (Å²) >= 11 is 0. The van der Waals surface area contributed by atoms with Gasteiger partial charge in [-0.1, -0.05) is 25.1 Å². The molecule has 0 saturated carbocycles. The van der Waals surface area contributed by atoms with Gasteiger partial charge in [-0.25, -0.2) is 0 Å². The number of likely N-dealkylation sites (tertiary alicyclic amines) is 1. The molecule has 0 aliphatic carbocycles. The summed E-state index contributed by atoms with van der Waals surface area (Å²) in [4.78, 5) is 25.7. The van der Waals surface area contributed by atoms with Crippen molar-refractivity contribution >= 4 is 11.9 Å². The highest BCUT2D eigenvalue weighted by Crippen LogP contribution is 2.40. The van der Waals surface area contributed by atoms with Crippen molar-refractivity contribution in [3.8, 4) is 5.75 Å². The van der Waals surface area contributed by atoms with E-state index in [1.54, 1.807) is 4.90 Å². The molecule has 1 aromatic rings. The predicted molar refractivity (Wildman–Crippen MR) is 84.3 cm³/mol. The molecule has 0 aromatic heterocycles. The normalized spacial score (nSPS) is 26.4. The summed E-state index contributed by atoms with van der Waals surface area (Å²) in [5, 5.41) is 12.6. The highest BCUT2D eigenvalue weighted by atomic mass is 16.5. The Balaban J connectivity index is 1.61. The van der Waals surface area contributed by atoms with Gasteiger partial charge in [-0.05, 0) is 18.1 Å². The van der Waals surface area contributed by atoms with Crippen LogP contribution in [0.25, 0.3) is 0 Å². The lowest BCUT2D eigenvalue weighted by molar-refractivity contribution is -0.149. The molecule has 0 unspecified atom stereocenters. The van der Waals surface area contributed by atoms with Crippen LogP contribution in [0.4, 0.5) is 0 Å². The molecule has 2 aliphatic rings. The third-order valence-corrected chi connectivity index (χ3v) is 4.94. The summed E-state index contributed by atoms with van der Waals surface area (Å²) in [5.41, 5.74) is 0.154. The van der Waals surface area contributed by atoms with Crippen LogP contribution in [0, 0.1) is 11.3 Å². The molecule has 124 valence electrons. The van der Waals surface area contributed by atoms with E-state index < -0.39 is 17.3 Å². The van der Waals surface area contributed by atoms with Crippen molar-refractivity contribution in [2.45, 2.75) is 13.3 Å². The number of aryl methyl sites for hydroxylation is 1. The molecule has 23 heavy (non-hydrogen) atoms. The molecular formula is C17H22N2O4. The van der Waals surface area contributed by atoms with Gasteiger partial charge < -0.3 is 20.1 Å². The number of carbonyl (C=O) groups is 2. The predicted octanol–water partition coefficient (Wildman–Crippen LogP) is 0.760. The minimum atomic E-state index is -0.974. The minimum Gasteiger partial charge on any atom is -0.491 e. The maximum Gasteiger partial charge on any atom is 0.313 e. The summed E-state index contributed by atoms with van der Waals surface area (Å²) in [5.74, 6) is -0.593. The molecule has 3 rings (SSSR count). The van der Waals surface area contributed by atoms with Crippen LogP contribution in [0.2, 0.25) is 0 Å². The number of ether oxygens (including phenoxy) is 1. The van der Waals surface area contributed by atoms with Crippen LogP contribution in [0.3, 0.4) is 0 Å². The lowest BCUT2D eigenvalue weighted by Gasteiger charge is -2.22. The van der Waals surface area contributed by atoms with Crippen molar-refractivity contribution in [1.82, 2.24) is 10.2 Å². The number of rotatable bonds is 6. The summed E-state index contributed by atoms with van der Waals surface area (Å²) in [6.45, 7) is 3.92. The molecule has 1 aromatic carbocycles. The van der Waals surface area contributed by atoms with E-state index in [0.29, 0.717) is 26.2 Å². The maximum absolute atomic E-state index is 12.4. The van der Waals surface area contributed by atoms with E-state index in [-0.39, 0.29) is 12.5 Å². The van der Waals surface area contributed by atoms with Crippen LogP contribution in [0.15, 0.2) is 24.3 Å². The molecule has 6 heteroatoms. The van der Waals surface area contributed by atoms with Gasteiger partial charge in [0.2, 0.25) is 5.91 Å². The van der Waals surface area contributed by atoms with Gasteiger partial charge in [-0.3, -0.25) is 9.59 Å². The molecular weight excluding hydrogens is 296 g/mol. The lowest BCUT2D eigenvalue weighted by Crippen LogP contribution is -2.40. The van der Waals surface area contributed by atoms with E-state index in [1.165, 1.54) is 0 Å². The molecule has 2 fully saturated rings. The molecule has 6 nitrogen and oxygen atoms in total. The Morgan fingerprint density at radius 3 is 2.96 bits per heavy atom. The number of carbonyl (C=O) groups excluding carboxylic acids is 1. The van der Waals surface area contributed by atoms with Gasteiger partial charge in [-0.2, -0.15) is 0 Å². The SMILES string of the molecule is CCc1ccccc1OCCN1C[C@@]2(C(=O)O)CNC[C@H]2C1=O. The first kappa shape index (κ1) is 15.8. The molecule has 1 amide bonds. The first-order chi connectivity index (χ1) is 11.1. The number of carboxylic acid groups (broad SMARTS) is 1. The number of para-hydroxylation sites is 1. The fourth-order valence-corrected chi connectivity index (χ4v) is 3.57. The van der Waals surface area contributed by atoms with Crippen molar-refractivity contribution in [3.63, 3.8) is 0 Å². The van der Waals surface area contributed by atoms with Crippen LogP contribution < -0.4 is 10.1 Å². The highest BCUT2D eigenvalue weighted by molar-refractivity contribution is 5.92. The first-order valence-electron chi connectivity index (χ1n) is 8.02. The smallest absolute Gasteiger partial charge is 0.313 e. The van der Waals surface area contributed by atoms with Crippen LogP contribution in [-0.2, 0) is 16.0 Å². The summed E-state index contributed by atoms with van der Waals surface area (Å²) < 4.78 is 5.80. The van der Waals surface area contributed by atoms with E-state index in [9.17, 15) is 14.7 Å². The van der Waals surface area contributed by atoms with Gasteiger partial charge in [0.15, 0.2) is 0 Å². The number of nitrogens with zero attached hydrogens (tertiary/aromatic N) is 1. The second kappa shape index (κ2) is 6.20. The molecule has 0 radical (unpaired) electrons. The molecule has 0 bridgehead atoms. The van der Waals surface area contributed by atoms with Crippen molar-refractivity contribution < 1.29 is 19.4 Å². The molecule has 2 heterocycles. The zero-order valence-corrected chi connectivity index (χ0v) is 13.2. The number of hydrogen-bond donors (Lipinski definition) is 2. The van der Waals surface area contributed by atoms with Gasteiger partial charge in [0.05, 0.1) is 12.5 Å².